The molecule has 0 unspecified atom stereocenters. The molecule has 2 N–H and O–H groups in total. The van der Waals surface area contributed by atoms with Crippen LogP contribution in [0, 0.1) is 6.92 Å². The average molecular weight is 454 g/mol. The Kier molecular flexibility index (Phi) is 8.62. The molecule has 1 heterocycles. The van der Waals surface area contributed by atoms with E-state index in [1.807, 2.05) is 34.6 Å². The lowest BCUT2D eigenvalue weighted by Crippen LogP contribution is -2.56. The number of nitrogens with one attached hydrogen (secondary N) is 2. The van der Waals surface area contributed by atoms with Crippen LogP contribution in [0.2, 0.25) is 0 Å². The van der Waals surface area contributed by atoms with Gasteiger partial charge in [-0.2, -0.15) is 0 Å². The van der Waals surface area contributed by atoms with Gasteiger partial charge in [-0.05, 0) is 59.1 Å². The number of hydrogen-bond acceptors (Lipinski definition) is 5. The Bertz CT molecular complexity index is 856. The molecule has 0 bridgehead atoms. The molecule has 0 spiro atoms. The molecule has 2 amide bonds. The first kappa shape index (κ1) is 25.3. The van der Waals surface area contributed by atoms with Crippen molar-refractivity contribution in [3.8, 4) is 0 Å². The van der Waals surface area contributed by atoms with E-state index in [0.29, 0.717) is 13.0 Å². The van der Waals surface area contributed by atoms with Crippen LogP contribution in [0.5, 0.6) is 0 Å². The zero-order valence-corrected chi connectivity index (χ0v) is 19.9. The summed E-state index contributed by atoms with van der Waals surface area (Å²) >= 11 is 0. The lowest BCUT2D eigenvalue weighted by molar-refractivity contribution is -0.142. The molecular weight excluding hydrogens is 418 g/mol. The van der Waals surface area contributed by atoms with E-state index < -0.39 is 34.1 Å². The second kappa shape index (κ2) is 10.6. The molecule has 1 aromatic rings. The third kappa shape index (κ3) is 7.59. The number of sulfonamides is 1. The van der Waals surface area contributed by atoms with Crippen molar-refractivity contribution in [2.75, 3.05) is 19.7 Å². The van der Waals surface area contributed by atoms with Gasteiger partial charge in [0.05, 0.1) is 17.5 Å². The maximum atomic E-state index is 13.1. The van der Waals surface area contributed by atoms with Gasteiger partial charge in [0.15, 0.2) is 0 Å². The van der Waals surface area contributed by atoms with Crippen LogP contribution in [0.1, 0.15) is 52.5 Å². The van der Waals surface area contributed by atoms with Crippen molar-refractivity contribution >= 4 is 21.8 Å². The molecule has 1 aliphatic heterocycles. The molecule has 9 heteroatoms. The fraction of sp³-hybridized carbons (Fsp3) is 0.636. The summed E-state index contributed by atoms with van der Waals surface area (Å²) in [5.74, 6) is -0.718. The van der Waals surface area contributed by atoms with Gasteiger partial charge in [0, 0.05) is 18.7 Å². The van der Waals surface area contributed by atoms with Crippen molar-refractivity contribution in [1.29, 1.82) is 0 Å². The van der Waals surface area contributed by atoms with Crippen LogP contribution < -0.4 is 10.0 Å². The lowest BCUT2D eigenvalue weighted by Gasteiger charge is -2.34. The molecule has 0 radical (unpaired) electrons. The van der Waals surface area contributed by atoms with E-state index in [1.54, 1.807) is 12.1 Å². The quantitative estimate of drug-likeness (QED) is 0.595. The van der Waals surface area contributed by atoms with Gasteiger partial charge in [0.2, 0.25) is 21.8 Å². The number of nitrogens with zero attached hydrogens (tertiary/aromatic N) is 1. The van der Waals surface area contributed by atoms with Crippen molar-refractivity contribution < 1.29 is 22.7 Å². The van der Waals surface area contributed by atoms with Gasteiger partial charge < -0.3 is 15.0 Å². The lowest BCUT2D eigenvalue weighted by atomic mass is 10.1. The summed E-state index contributed by atoms with van der Waals surface area (Å²) in [4.78, 5) is 27.5. The zero-order valence-electron chi connectivity index (χ0n) is 19.1. The Morgan fingerprint density at radius 3 is 2.39 bits per heavy atom. The van der Waals surface area contributed by atoms with Crippen molar-refractivity contribution in [3.63, 3.8) is 0 Å². The van der Waals surface area contributed by atoms with Gasteiger partial charge in [0.25, 0.3) is 0 Å². The third-order valence-corrected chi connectivity index (χ3v) is 6.47. The van der Waals surface area contributed by atoms with Crippen molar-refractivity contribution in [3.05, 3.63) is 29.8 Å². The number of carbonyl (C=O) groups is 2. The van der Waals surface area contributed by atoms with E-state index in [1.165, 1.54) is 17.0 Å². The molecule has 31 heavy (non-hydrogen) atoms. The molecule has 1 aliphatic rings. The van der Waals surface area contributed by atoms with E-state index in [9.17, 15) is 18.0 Å². The number of aryl methyl sites for hydroxylation is 1. The second-order valence-electron chi connectivity index (χ2n) is 8.98. The highest BCUT2D eigenvalue weighted by molar-refractivity contribution is 7.89. The standard InChI is InChI=1S/C22H35N3O5S/c1-6-19(21(27)24-22(3,4)5)25(15-17-8-7-13-30-17)20(26)14-23-31(28,29)18-11-9-16(2)10-12-18/h9-12,17,19,23H,6-8,13-15H2,1-5H3,(H,24,27)/t17-,19-/m1/s1. The summed E-state index contributed by atoms with van der Waals surface area (Å²) in [6, 6.07) is 5.68. The number of hydrogen-bond donors (Lipinski definition) is 2. The summed E-state index contributed by atoms with van der Waals surface area (Å²) in [5, 5.41) is 2.92. The van der Waals surface area contributed by atoms with E-state index >= 15 is 0 Å². The van der Waals surface area contributed by atoms with Gasteiger partial charge in [-0.25, -0.2) is 13.1 Å². The Balaban J connectivity index is 2.16. The Labute approximate surface area is 185 Å². The predicted molar refractivity (Wildman–Crippen MR) is 119 cm³/mol. The first-order valence-corrected chi connectivity index (χ1v) is 12.2. The fourth-order valence-corrected chi connectivity index (χ4v) is 4.44. The number of rotatable bonds is 9. The Morgan fingerprint density at radius 1 is 1.23 bits per heavy atom. The van der Waals surface area contributed by atoms with E-state index in [-0.39, 0.29) is 23.5 Å². The normalized spacial score (nSPS) is 17.9. The minimum atomic E-state index is -3.84. The first-order valence-electron chi connectivity index (χ1n) is 10.7. The third-order valence-electron chi connectivity index (χ3n) is 5.05. The van der Waals surface area contributed by atoms with E-state index in [0.717, 1.165) is 18.4 Å². The molecule has 1 aromatic carbocycles. The SMILES string of the molecule is CC[C@H](C(=O)NC(C)(C)C)N(C[C@H]1CCCO1)C(=O)CNS(=O)(=O)c1ccc(C)cc1. The first-order chi connectivity index (χ1) is 14.4. The summed E-state index contributed by atoms with van der Waals surface area (Å²) in [7, 11) is -3.84. The fourth-order valence-electron chi connectivity index (χ4n) is 3.47. The van der Waals surface area contributed by atoms with Crippen LogP contribution in [0.4, 0.5) is 0 Å². The molecule has 0 aliphatic carbocycles. The van der Waals surface area contributed by atoms with E-state index in [2.05, 4.69) is 10.0 Å². The molecule has 2 atom stereocenters. The predicted octanol–water partition coefficient (Wildman–Crippen LogP) is 1.97. The smallest absolute Gasteiger partial charge is 0.243 e. The largest absolute Gasteiger partial charge is 0.376 e. The summed E-state index contributed by atoms with van der Waals surface area (Å²) in [5.41, 5.74) is 0.490. The second-order valence-corrected chi connectivity index (χ2v) is 10.7. The van der Waals surface area contributed by atoms with Crippen LogP contribution in [-0.4, -0.2) is 62.5 Å². The number of amides is 2. The van der Waals surface area contributed by atoms with Crippen LogP contribution in [0.3, 0.4) is 0 Å². The Hall–Kier alpha value is -1.97. The number of ether oxygens (including phenoxy) is 1. The van der Waals surface area contributed by atoms with Crippen molar-refractivity contribution in [2.24, 2.45) is 0 Å². The molecule has 1 saturated heterocycles. The summed E-state index contributed by atoms with van der Waals surface area (Å²) in [6.45, 7) is 9.77. The van der Waals surface area contributed by atoms with Crippen LogP contribution in [0.25, 0.3) is 0 Å². The van der Waals surface area contributed by atoms with Gasteiger partial charge in [0.1, 0.15) is 6.04 Å². The monoisotopic (exact) mass is 453 g/mol. The van der Waals surface area contributed by atoms with Gasteiger partial charge >= 0.3 is 0 Å². The number of benzene rings is 1. The highest BCUT2D eigenvalue weighted by Gasteiger charge is 2.33. The minimum absolute atomic E-state index is 0.0918. The maximum Gasteiger partial charge on any atom is 0.243 e. The summed E-state index contributed by atoms with van der Waals surface area (Å²) in [6.07, 6.45) is 1.95. The highest BCUT2D eigenvalue weighted by atomic mass is 32.2. The molecule has 8 nitrogen and oxygen atoms in total. The highest BCUT2D eigenvalue weighted by Crippen LogP contribution is 2.17. The molecule has 2 rings (SSSR count). The molecule has 0 saturated carbocycles. The molecule has 174 valence electrons. The molecule has 0 aromatic heterocycles. The number of carbonyl (C=O) groups excluding carboxylic acids is 2. The van der Waals surface area contributed by atoms with Crippen molar-refractivity contribution in [2.45, 2.75) is 76.5 Å². The zero-order chi connectivity index (χ0) is 23.2. The molecular formula is C22H35N3O5S. The van der Waals surface area contributed by atoms with Gasteiger partial charge in [-0.15, -0.1) is 0 Å². The van der Waals surface area contributed by atoms with Crippen molar-refractivity contribution in [1.82, 2.24) is 14.9 Å². The van der Waals surface area contributed by atoms with Crippen LogP contribution >= 0.6 is 0 Å². The average Bonchev–Trinajstić information content (AvgIpc) is 3.18. The topological polar surface area (TPSA) is 105 Å². The van der Waals surface area contributed by atoms with E-state index in [4.69, 9.17) is 4.74 Å². The van der Waals surface area contributed by atoms with Gasteiger partial charge in [-0.3, -0.25) is 9.59 Å². The Morgan fingerprint density at radius 2 is 1.87 bits per heavy atom. The van der Waals surface area contributed by atoms with Crippen LogP contribution in [0.15, 0.2) is 29.2 Å². The molecule has 1 fully saturated rings. The maximum absolute atomic E-state index is 13.1. The summed E-state index contributed by atoms with van der Waals surface area (Å²) < 4.78 is 33.2. The van der Waals surface area contributed by atoms with Crippen LogP contribution in [-0.2, 0) is 24.3 Å². The van der Waals surface area contributed by atoms with Gasteiger partial charge in [-0.1, -0.05) is 24.6 Å². The minimum Gasteiger partial charge on any atom is -0.376 e.